The lowest BCUT2D eigenvalue weighted by atomic mass is 9.76. The minimum atomic E-state index is -0.181. The Morgan fingerprint density at radius 2 is 2.09 bits per heavy atom. The highest BCUT2D eigenvalue weighted by Gasteiger charge is 2.29. The van der Waals surface area contributed by atoms with Crippen molar-refractivity contribution in [2.45, 2.75) is 52.4 Å². The highest BCUT2D eigenvalue weighted by molar-refractivity contribution is 5.99. The van der Waals surface area contributed by atoms with E-state index >= 15 is 0 Å². The van der Waals surface area contributed by atoms with Crippen molar-refractivity contribution in [1.29, 1.82) is 0 Å². The first-order chi connectivity index (χ1) is 16.3. The quantitative estimate of drug-likeness (QED) is 0.521. The molecule has 1 aliphatic heterocycles. The topological polar surface area (TPSA) is 105 Å². The van der Waals surface area contributed by atoms with Crippen LogP contribution in [0.15, 0.2) is 24.3 Å². The van der Waals surface area contributed by atoms with Crippen LogP contribution in [0.1, 0.15) is 50.8 Å². The third-order valence-corrected chi connectivity index (χ3v) is 7.20. The second kappa shape index (κ2) is 8.91. The fourth-order valence-corrected chi connectivity index (χ4v) is 5.26. The number of aliphatic hydroxyl groups excluding tert-OH is 1. The number of aromatic nitrogens is 3. The second-order valence-corrected chi connectivity index (χ2v) is 10.4. The van der Waals surface area contributed by atoms with Gasteiger partial charge in [0.05, 0.1) is 12.3 Å². The number of piperidine rings is 1. The Balaban J connectivity index is 1.41. The number of nitrogens with zero attached hydrogens (tertiary/aromatic N) is 3. The van der Waals surface area contributed by atoms with Gasteiger partial charge in [0.2, 0.25) is 11.8 Å². The Bertz CT molecular complexity index is 1220. The fraction of sp³-hybridized carbons (Fsp3) is 0.500. The summed E-state index contributed by atoms with van der Waals surface area (Å²) in [5, 5.41) is 18.5. The molecule has 0 radical (unpaired) electrons. The molecule has 0 atom stereocenters. The summed E-state index contributed by atoms with van der Waals surface area (Å²) in [5.74, 6) is -0.154. The average Bonchev–Trinajstić information content (AvgIpc) is 3.41. The maximum absolute atomic E-state index is 13.1. The zero-order valence-electron chi connectivity index (χ0n) is 20.0. The van der Waals surface area contributed by atoms with Crippen molar-refractivity contribution in [1.82, 2.24) is 20.1 Å². The van der Waals surface area contributed by atoms with E-state index in [1.807, 2.05) is 18.2 Å². The van der Waals surface area contributed by atoms with E-state index in [0.717, 1.165) is 54.4 Å². The number of H-pyrrole nitrogens is 2. The van der Waals surface area contributed by atoms with Gasteiger partial charge in [-0.25, -0.2) is 0 Å². The van der Waals surface area contributed by atoms with Crippen LogP contribution >= 0.6 is 0 Å². The Hall–Kier alpha value is -3.13. The first-order valence-electron chi connectivity index (χ1n) is 12.2. The lowest BCUT2D eigenvalue weighted by Crippen LogP contribution is -2.45. The molecule has 1 saturated heterocycles. The van der Waals surface area contributed by atoms with Crippen LogP contribution in [0.2, 0.25) is 0 Å². The van der Waals surface area contributed by atoms with Crippen molar-refractivity contribution in [2.24, 2.45) is 5.41 Å². The van der Waals surface area contributed by atoms with Crippen molar-refractivity contribution >= 4 is 28.4 Å². The third-order valence-electron chi connectivity index (χ3n) is 7.20. The van der Waals surface area contributed by atoms with Crippen LogP contribution in [0.3, 0.4) is 0 Å². The first-order valence-corrected chi connectivity index (χ1v) is 12.2. The lowest BCUT2D eigenvalue weighted by Gasteiger charge is -2.29. The normalized spacial score (nSPS) is 17.7. The molecule has 8 heteroatoms. The number of carbonyl (C=O) groups excluding carboxylic acids is 2. The molecule has 0 unspecified atom stereocenters. The van der Waals surface area contributed by atoms with Gasteiger partial charge in [0.15, 0.2) is 0 Å². The Morgan fingerprint density at radius 1 is 1.24 bits per heavy atom. The SMILES string of the molecule is CC1(C)CCc2c(-c3cc4ccc(N(CCO)C(=O)CN5CCCCC5=O)cc4[nH]3)n[nH]c2C1. The van der Waals surface area contributed by atoms with Crippen LogP contribution in [-0.2, 0) is 22.4 Å². The van der Waals surface area contributed by atoms with Gasteiger partial charge in [0.25, 0.3) is 0 Å². The van der Waals surface area contributed by atoms with E-state index in [2.05, 4.69) is 35.1 Å². The summed E-state index contributed by atoms with van der Waals surface area (Å²) in [6, 6.07) is 7.91. The summed E-state index contributed by atoms with van der Waals surface area (Å²) in [4.78, 5) is 31.9. The number of rotatable bonds is 6. The van der Waals surface area contributed by atoms with Crippen LogP contribution in [0.4, 0.5) is 5.69 Å². The average molecular weight is 464 g/mol. The van der Waals surface area contributed by atoms with Gasteiger partial charge < -0.3 is 19.9 Å². The number of benzene rings is 1. The molecule has 5 rings (SSSR count). The molecule has 2 amide bonds. The summed E-state index contributed by atoms with van der Waals surface area (Å²) in [6.45, 7) is 5.28. The molecule has 2 aromatic heterocycles. The molecule has 2 aliphatic rings. The molecule has 34 heavy (non-hydrogen) atoms. The molecule has 3 aromatic rings. The van der Waals surface area contributed by atoms with Crippen LogP contribution < -0.4 is 4.90 Å². The highest BCUT2D eigenvalue weighted by atomic mass is 16.3. The van der Waals surface area contributed by atoms with Gasteiger partial charge in [0, 0.05) is 47.4 Å². The number of amides is 2. The van der Waals surface area contributed by atoms with Gasteiger partial charge in [-0.15, -0.1) is 0 Å². The van der Waals surface area contributed by atoms with Crippen molar-refractivity contribution in [3.05, 3.63) is 35.5 Å². The van der Waals surface area contributed by atoms with Crippen molar-refractivity contribution in [3.8, 4) is 11.4 Å². The molecule has 0 saturated carbocycles. The van der Waals surface area contributed by atoms with Gasteiger partial charge >= 0.3 is 0 Å². The number of anilines is 1. The molecule has 1 aromatic carbocycles. The minimum absolute atomic E-state index is 0.0266. The minimum Gasteiger partial charge on any atom is -0.395 e. The van der Waals surface area contributed by atoms with Crippen molar-refractivity contribution in [2.75, 3.05) is 31.1 Å². The zero-order chi connectivity index (χ0) is 23.9. The number of carbonyl (C=O) groups is 2. The molecular formula is C26H33N5O3. The van der Waals surface area contributed by atoms with Gasteiger partial charge in [-0.05, 0) is 55.7 Å². The molecule has 3 heterocycles. The second-order valence-electron chi connectivity index (χ2n) is 10.4. The van der Waals surface area contributed by atoms with Gasteiger partial charge in [0.1, 0.15) is 12.2 Å². The van der Waals surface area contributed by atoms with E-state index < -0.39 is 0 Å². The van der Waals surface area contributed by atoms with Crippen molar-refractivity contribution < 1.29 is 14.7 Å². The predicted molar refractivity (Wildman–Crippen MR) is 132 cm³/mol. The van der Waals surface area contributed by atoms with E-state index in [9.17, 15) is 14.7 Å². The summed E-state index contributed by atoms with van der Waals surface area (Å²) in [5.41, 5.74) is 6.33. The number of hydrogen-bond donors (Lipinski definition) is 3. The predicted octanol–water partition coefficient (Wildman–Crippen LogP) is 3.41. The summed E-state index contributed by atoms with van der Waals surface area (Å²) in [7, 11) is 0. The Kier molecular flexibility index (Phi) is 5.93. The largest absolute Gasteiger partial charge is 0.395 e. The summed E-state index contributed by atoms with van der Waals surface area (Å²) < 4.78 is 0. The number of likely N-dealkylation sites (tertiary alicyclic amines) is 1. The number of nitrogens with one attached hydrogen (secondary N) is 2. The molecule has 0 bridgehead atoms. The fourth-order valence-electron chi connectivity index (χ4n) is 5.26. The monoisotopic (exact) mass is 463 g/mol. The van der Waals surface area contributed by atoms with E-state index in [-0.39, 0.29) is 36.9 Å². The van der Waals surface area contributed by atoms with E-state index in [1.54, 1.807) is 9.80 Å². The van der Waals surface area contributed by atoms with E-state index in [0.29, 0.717) is 18.7 Å². The smallest absolute Gasteiger partial charge is 0.246 e. The Morgan fingerprint density at radius 3 is 2.88 bits per heavy atom. The maximum Gasteiger partial charge on any atom is 0.246 e. The highest BCUT2D eigenvalue weighted by Crippen LogP contribution is 2.38. The molecule has 0 spiro atoms. The summed E-state index contributed by atoms with van der Waals surface area (Å²) >= 11 is 0. The van der Waals surface area contributed by atoms with Crippen LogP contribution in [-0.4, -0.2) is 63.2 Å². The van der Waals surface area contributed by atoms with Gasteiger partial charge in [-0.1, -0.05) is 19.9 Å². The number of aliphatic hydroxyl groups is 1. The standard InChI is InChI=1S/C26H33N5O3/c1-26(2)9-8-19-22(15-26)28-29-25(19)21-13-17-6-7-18(14-20(17)27-21)31(11-12-32)24(34)16-30-10-4-3-5-23(30)33/h6-7,13-14,27,32H,3-5,8-12,15-16H2,1-2H3,(H,28,29). The van der Waals surface area contributed by atoms with Gasteiger partial charge in [-0.3, -0.25) is 14.7 Å². The number of fused-ring (bicyclic) bond motifs is 2. The molecular weight excluding hydrogens is 430 g/mol. The number of aromatic amines is 2. The number of hydrogen-bond acceptors (Lipinski definition) is 4. The van der Waals surface area contributed by atoms with Crippen molar-refractivity contribution in [3.63, 3.8) is 0 Å². The van der Waals surface area contributed by atoms with Gasteiger partial charge in [-0.2, -0.15) is 5.10 Å². The maximum atomic E-state index is 13.1. The molecule has 3 N–H and O–H groups in total. The van der Waals surface area contributed by atoms with E-state index in [1.165, 1.54) is 11.3 Å². The Labute approximate surface area is 199 Å². The molecule has 180 valence electrons. The van der Waals surface area contributed by atoms with Crippen LogP contribution in [0.25, 0.3) is 22.3 Å². The van der Waals surface area contributed by atoms with Crippen LogP contribution in [0.5, 0.6) is 0 Å². The molecule has 1 fully saturated rings. The lowest BCUT2D eigenvalue weighted by molar-refractivity contribution is -0.137. The zero-order valence-corrected chi connectivity index (χ0v) is 20.0. The van der Waals surface area contributed by atoms with Crippen LogP contribution in [0, 0.1) is 5.41 Å². The molecule has 8 nitrogen and oxygen atoms in total. The first kappa shape index (κ1) is 22.7. The van der Waals surface area contributed by atoms with E-state index in [4.69, 9.17) is 0 Å². The molecule has 1 aliphatic carbocycles. The third kappa shape index (κ3) is 4.34. The summed E-state index contributed by atoms with van der Waals surface area (Å²) in [6.07, 6.45) is 5.44.